The number of esters is 4. The van der Waals surface area contributed by atoms with Gasteiger partial charge in [-0.25, -0.2) is 29.1 Å². The molecule has 3 N–H and O–H groups in total. The fourth-order valence-electron chi connectivity index (χ4n) is 13.2. The summed E-state index contributed by atoms with van der Waals surface area (Å²) < 4.78 is 73.8. The number of rotatable bonds is 41. The van der Waals surface area contributed by atoms with Gasteiger partial charge in [0, 0.05) is 53.0 Å². The third kappa shape index (κ3) is 18.9. The minimum absolute atomic E-state index is 0.0182. The smallest absolute Gasteiger partial charge is 0.355 e. The molecule has 4 aromatic heterocycles. The number of phenolic OH excluding ortho intramolecular Hbond substituents is 1. The molecular formula is C75H90N4O26. The highest BCUT2D eigenvalue weighted by Crippen LogP contribution is 2.45. The second-order valence-electron chi connectivity index (χ2n) is 25.4. The molecule has 0 bridgehead atoms. The van der Waals surface area contributed by atoms with Crippen LogP contribution in [0.15, 0.2) is 58.1 Å². The number of aromatic nitrogens is 4. The number of hydrogen-bond acceptors (Lipinski definition) is 26. The number of nitrogens with zero attached hydrogens (tertiary/aromatic N) is 4. The normalized spacial score (nSPS) is 16.5. The van der Waals surface area contributed by atoms with Gasteiger partial charge in [-0.05, 0) is 92.6 Å². The van der Waals surface area contributed by atoms with E-state index in [4.69, 9.17) is 81.8 Å². The van der Waals surface area contributed by atoms with Gasteiger partial charge in [-0.1, -0.05) is 46.2 Å². The van der Waals surface area contributed by atoms with E-state index in [9.17, 15) is 53.1 Å². The minimum atomic E-state index is -1.90. The molecule has 30 heteroatoms. The number of carboxylic acids is 2. The van der Waals surface area contributed by atoms with Gasteiger partial charge in [0.05, 0.1) is 150 Å². The number of cyclic esters (lactones) is 2. The number of pyridine rings is 4. The summed E-state index contributed by atoms with van der Waals surface area (Å²) in [6, 6.07) is 14.4. The first-order valence-corrected chi connectivity index (χ1v) is 35.1. The number of aryl methyl sites for hydroxylation is 3. The molecule has 0 amide bonds. The maximum absolute atomic E-state index is 13.9. The molecule has 8 heterocycles. The Kier molecular flexibility index (Phi) is 28.3. The van der Waals surface area contributed by atoms with Crippen molar-refractivity contribution in [2.24, 2.45) is 0 Å². The molecule has 4 atom stereocenters. The van der Waals surface area contributed by atoms with Crippen molar-refractivity contribution in [2.75, 3.05) is 106 Å². The standard InChI is InChI=1S/C38H46N2O12.C37H44N2O14/c1-5-25(20-48-12-13-49-22-33(42)43)50-15-14-47-19-24(41)9-11-34(44)52-38(7-3)30-17-32-35-28(18-40(32)36(45)29(30)21-51-37(38)46)26(6-2)27-16-23(4)8-10-31(27)39-35;1-4-25-26-14-22(40)6-8-30(26)38-34-27(25)16-39-31(34)15-29-28(35(39)45)20-52-36(46)37(29,5-2)53-33(44)9-7-23(41)17-48-12-13-51-24(18-47-3)19-49-10-11-50-21-32(42)43/h8,10,16-17,25H,5-7,9,11-15,18-22H2,1-4H3,(H,42,43);6,8,14-15,24,40H,4-5,7,9-13,16-21H2,1-3H3,(H,42,43)/t25?,38-;24?,37-/m00/s1. The van der Waals surface area contributed by atoms with Crippen LogP contribution < -0.4 is 11.1 Å². The van der Waals surface area contributed by atoms with E-state index in [2.05, 4.69) is 13.0 Å². The van der Waals surface area contributed by atoms with Crippen LogP contribution in [0.5, 0.6) is 5.75 Å². The molecule has 2 aromatic carbocycles. The van der Waals surface area contributed by atoms with Crippen LogP contribution in [-0.2, 0) is 150 Å². The lowest BCUT2D eigenvalue weighted by molar-refractivity contribution is -0.189. The highest BCUT2D eigenvalue weighted by Gasteiger charge is 2.52. The Morgan fingerprint density at radius 1 is 0.524 bits per heavy atom. The summed E-state index contributed by atoms with van der Waals surface area (Å²) in [6.07, 6.45) is 0.393. The fraction of sp³-hybridized carbons (Fsp3) is 0.520. The van der Waals surface area contributed by atoms with Gasteiger partial charge in [0.2, 0.25) is 11.2 Å². The van der Waals surface area contributed by atoms with Crippen LogP contribution >= 0.6 is 0 Å². The van der Waals surface area contributed by atoms with E-state index < -0.39 is 59.7 Å². The minimum Gasteiger partial charge on any atom is -0.508 e. The number of fused-ring (bicyclic) bond motifs is 10. The fourth-order valence-corrected chi connectivity index (χ4v) is 13.2. The molecule has 0 saturated carbocycles. The van der Waals surface area contributed by atoms with Crippen molar-refractivity contribution in [3.8, 4) is 28.5 Å². The van der Waals surface area contributed by atoms with Crippen molar-refractivity contribution in [1.29, 1.82) is 0 Å². The Labute approximate surface area is 604 Å². The highest BCUT2D eigenvalue weighted by molar-refractivity contribution is 5.93. The Morgan fingerprint density at radius 2 is 0.952 bits per heavy atom. The predicted octanol–water partition coefficient (Wildman–Crippen LogP) is 6.19. The van der Waals surface area contributed by atoms with Crippen molar-refractivity contribution < 1.29 is 115 Å². The maximum Gasteiger partial charge on any atom is 0.355 e. The zero-order valence-corrected chi connectivity index (χ0v) is 60.1. The maximum atomic E-state index is 13.9. The molecule has 0 saturated heterocycles. The van der Waals surface area contributed by atoms with Crippen molar-refractivity contribution in [2.45, 2.75) is 149 Å². The van der Waals surface area contributed by atoms with Crippen LogP contribution in [0.25, 0.3) is 44.6 Å². The van der Waals surface area contributed by atoms with Crippen LogP contribution in [0.2, 0.25) is 0 Å². The van der Waals surface area contributed by atoms with E-state index in [0.29, 0.717) is 54.3 Å². The Morgan fingerprint density at radius 3 is 1.40 bits per heavy atom. The number of ether oxygens (including phenoxy) is 13. The highest BCUT2D eigenvalue weighted by atomic mass is 16.6. The number of hydrogen-bond donors (Lipinski definition) is 3. The van der Waals surface area contributed by atoms with Crippen molar-refractivity contribution in [3.05, 3.63) is 119 Å². The number of methoxy groups -OCH3 is 1. The van der Waals surface area contributed by atoms with Crippen LogP contribution in [0.4, 0.5) is 0 Å². The van der Waals surface area contributed by atoms with Gasteiger partial charge in [-0.2, -0.15) is 0 Å². The van der Waals surface area contributed by atoms with Crippen molar-refractivity contribution >= 4 is 69.2 Å². The second kappa shape index (κ2) is 37.1. The molecule has 105 heavy (non-hydrogen) atoms. The van der Waals surface area contributed by atoms with E-state index in [-0.39, 0.29) is 201 Å². The van der Waals surface area contributed by atoms with Crippen LogP contribution in [0, 0.1) is 6.92 Å². The van der Waals surface area contributed by atoms with Crippen LogP contribution in [0.1, 0.15) is 130 Å². The molecule has 566 valence electrons. The summed E-state index contributed by atoms with van der Waals surface area (Å²) in [7, 11) is 1.50. The summed E-state index contributed by atoms with van der Waals surface area (Å²) in [5.74, 6) is -5.89. The topological polar surface area (TPSA) is 387 Å². The number of aliphatic carboxylic acids is 2. The van der Waals surface area contributed by atoms with Gasteiger partial charge in [-0.15, -0.1) is 0 Å². The number of ketones is 2. The molecule has 0 aliphatic carbocycles. The van der Waals surface area contributed by atoms with Crippen molar-refractivity contribution in [3.63, 3.8) is 0 Å². The molecule has 0 spiro atoms. The number of Topliss-reactive ketones (excluding diaryl/α,β-unsaturated/α-hetero) is 2. The molecular weight excluding hydrogens is 1370 g/mol. The first-order chi connectivity index (χ1) is 50.5. The zero-order chi connectivity index (χ0) is 75.5. The van der Waals surface area contributed by atoms with E-state index >= 15 is 0 Å². The number of aromatic hydroxyl groups is 1. The Balaban J connectivity index is 0.000000243. The second-order valence-corrected chi connectivity index (χ2v) is 25.4. The average Bonchev–Trinajstić information content (AvgIpc) is 1.63. The summed E-state index contributed by atoms with van der Waals surface area (Å²) >= 11 is 0. The zero-order valence-electron chi connectivity index (χ0n) is 60.1. The Bertz CT molecular complexity index is 4340. The van der Waals surface area contributed by atoms with E-state index in [0.717, 1.165) is 50.5 Å². The lowest BCUT2D eigenvalue weighted by Crippen LogP contribution is -2.47. The number of carbonyl (C=O) groups excluding carboxylic acids is 6. The third-order valence-corrected chi connectivity index (χ3v) is 18.5. The SMILES string of the molecule is CCc1c2c(nc3ccc(C)cc13)-c1cc3c(c(=O)n1C2)COC(=O)[C@@]3(CC)OC(=O)CCC(=O)COCCOC(CC)COCCOCC(=O)O.CCc1c2c(nc3ccc(O)cc13)-c1cc3c(c(=O)n1C2)COC(=O)[C@@]3(CC)OC(=O)CCC(=O)COCCOC(COC)COCCOCC(=O)O. The molecule has 10 rings (SSSR count). The molecule has 0 radical (unpaired) electrons. The molecule has 6 aromatic rings. The first kappa shape index (κ1) is 79.9. The quantitative estimate of drug-likeness (QED) is 0.0218. The number of benzene rings is 2. The van der Waals surface area contributed by atoms with Crippen LogP contribution in [0.3, 0.4) is 0 Å². The molecule has 2 unspecified atom stereocenters. The lowest BCUT2D eigenvalue weighted by Gasteiger charge is -2.35. The van der Waals surface area contributed by atoms with E-state index in [1.807, 2.05) is 32.9 Å². The third-order valence-electron chi connectivity index (χ3n) is 18.5. The van der Waals surface area contributed by atoms with Gasteiger partial charge < -0.3 is 86.0 Å². The van der Waals surface area contributed by atoms with Gasteiger partial charge in [0.15, 0.2) is 11.6 Å². The summed E-state index contributed by atoms with van der Waals surface area (Å²) in [5, 5.41) is 29.1. The summed E-state index contributed by atoms with van der Waals surface area (Å²) in [6.45, 7) is 12.0. The monoisotopic (exact) mass is 1460 g/mol. The average molecular weight is 1460 g/mol. The molecule has 30 nitrogen and oxygen atoms in total. The van der Waals surface area contributed by atoms with E-state index in [1.54, 1.807) is 53.3 Å². The van der Waals surface area contributed by atoms with Gasteiger partial charge in [-0.3, -0.25) is 28.8 Å². The van der Waals surface area contributed by atoms with Gasteiger partial charge in [0.25, 0.3) is 11.1 Å². The van der Waals surface area contributed by atoms with Crippen molar-refractivity contribution in [1.82, 2.24) is 19.1 Å². The molecule has 4 aliphatic rings. The van der Waals surface area contributed by atoms with Crippen LogP contribution in [-0.4, -0.2) is 200 Å². The molecule has 4 aliphatic heterocycles. The lowest BCUT2D eigenvalue weighted by atomic mass is 9.85. The van der Waals surface area contributed by atoms with Gasteiger partial charge in [0.1, 0.15) is 51.5 Å². The van der Waals surface area contributed by atoms with Gasteiger partial charge >= 0.3 is 35.8 Å². The largest absolute Gasteiger partial charge is 0.508 e. The predicted molar refractivity (Wildman–Crippen MR) is 372 cm³/mol. The number of carbonyl (C=O) groups is 8. The first-order valence-electron chi connectivity index (χ1n) is 35.1. The number of carboxylic acid groups (broad SMARTS) is 2. The number of phenols is 1. The molecule has 0 fully saturated rings. The Hall–Kier alpha value is -9.24. The summed E-state index contributed by atoms with van der Waals surface area (Å²) in [4.78, 5) is 137. The van der Waals surface area contributed by atoms with E-state index in [1.165, 1.54) is 7.11 Å². The summed E-state index contributed by atoms with van der Waals surface area (Å²) in [5.41, 5.74) is 5.19.